The fraction of sp³-hybridized carbons (Fsp3) is 0.707. The summed E-state index contributed by atoms with van der Waals surface area (Å²) in [4.78, 5) is 0. The van der Waals surface area contributed by atoms with Gasteiger partial charge in [0.1, 0.15) is 0 Å². The number of hydrogen-bond donors (Lipinski definition) is 0. The Morgan fingerprint density at radius 2 is 1.40 bits per heavy atom. The molecule has 0 bridgehead atoms. The summed E-state index contributed by atoms with van der Waals surface area (Å²) < 4.78 is 0. The molecule has 2 aromatic carbocycles. The van der Waals surface area contributed by atoms with Gasteiger partial charge in [0.15, 0.2) is 0 Å². The smallest absolute Gasteiger partial charge is 0.00802 e. The first-order valence-electron chi connectivity index (χ1n) is 18.2. The third-order valence-electron chi connectivity index (χ3n) is 13.9. The van der Waals surface area contributed by atoms with Crippen LogP contribution in [0.5, 0.6) is 0 Å². The first kappa shape index (κ1) is 30.8. The molecule has 0 nitrogen and oxygen atoms in total. The number of fused-ring (bicyclic) bond motifs is 2. The third kappa shape index (κ3) is 5.68. The molecule has 11 atom stereocenters. The zero-order chi connectivity index (χ0) is 29.4. The minimum absolute atomic E-state index is 0.699. The fourth-order valence-corrected chi connectivity index (χ4v) is 15.3. The molecule has 4 fully saturated rings. The van der Waals surface area contributed by atoms with Gasteiger partial charge in [0, 0.05) is 0 Å². The summed E-state index contributed by atoms with van der Waals surface area (Å²) in [6, 6.07) is 20.7. The van der Waals surface area contributed by atoms with Gasteiger partial charge in [-0.15, -0.1) is 0 Å². The van der Waals surface area contributed by atoms with E-state index in [4.69, 9.17) is 0 Å². The van der Waals surface area contributed by atoms with E-state index < -0.39 is 10.0 Å². The normalized spacial score (nSPS) is 36.7. The van der Waals surface area contributed by atoms with Crippen LogP contribution in [-0.4, -0.2) is 23.0 Å². The van der Waals surface area contributed by atoms with Crippen LogP contribution >= 0.6 is 10.0 Å². The maximum Gasteiger partial charge on any atom is -0.00802 e. The van der Waals surface area contributed by atoms with Crippen LogP contribution in [-0.2, 0) is 0 Å². The molecular weight excluding hydrogens is 525 g/mol. The predicted octanol–water partition coefficient (Wildman–Crippen LogP) is 12.0. The minimum Gasteiger partial charge on any atom is -0.241 e. The summed E-state index contributed by atoms with van der Waals surface area (Å²) in [5, 5.41) is 1.86. The molecule has 0 aromatic heterocycles. The first-order chi connectivity index (χ1) is 20.3. The molecular formula is C41H62S. The van der Waals surface area contributed by atoms with Gasteiger partial charge < -0.3 is 0 Å². The van der Waals surface area contributed by atoms with Crippen molar-refractivity contribution < 1.29 is 0 Å². The molecule has 0 saturated heterocycles. The van der Waals surface area contributed by atoms with Crippen LogP contribution in [0.3, 0.4) is 0 Å². The Morgan fingerprint density at radius 1 is 0.738 bits per heavy atom. The monoisotopic (exact) mass is 586 g/mol. The predicted molar refractivity (Wildman–Crippen MR) is 188 cm³/mol. The van der Waals surface area contributed by atoms with E-state index in [1.54, 1.807) is 37.7 Å². The van der Waals surface area contributed by atoms with Crippen LogP contribution in [0.1, 0.15) is 116 Å². The van der Waals surface area contributed by atoms with Crippen molar-refractivity contribution in [3.05, 3.63) is 60.2 Å². The van der Waals surface area contributed by atoms with Gasteiger partial charge in [-0.3, -0.25) is 0 Å². The van der Waals surface area contributed by atoms with Crippen LogP contribution in [0.4, 0.5) is 0 Å². The van der Waals surface area contributed by atoms with Crippen LogP contribution in [0, 0.1) is 47.3 Å². The molecule has 4 saturated carbocycles. The summed E-state index contributed by atoms with van der Waals surface area (Å²) in [5.74, 6) is 8.51. The lowest BCUT2D eigenvalue weighted by Crippen LogP contribution is -2.41. The highest BCUT2D eigenvalue weighted by Gasteiger charge is 2.55. The first-order valence-corrected chi connectivity index (χ1v) is 20.8. The lowest BCUT2D eigenvalue weighted by molar-refractivity contribution is 0.109. The van der Waals surface area contributed by atoms with E-state index in [0.717, 1.165) is 57.8 Å². The molecule has 1 heteroatoms. The van der Waals surface area contributed by atoms with Gasteiger partial charge in [0.25, 0.3) is 0 Å². The van der Waals surface area contributed by atoms with Crippen LogP contribution < -0.4 is 0 Å². The second-order valence-electron chi connectivity index (χ2n) is 15.9. The molecule has 0 N–H and O–H groups in total. The van der Waals surface area contributed by atoms with Gasteiger partial charge in [-0.25, -0.2) is 10.0 Å². The summed E-state index contributed by atoms with van der Waals surface area (Å²) in [6.45, 7) is 10.3. The molecule has 4 aliphatic rings. The number of hydrogen-bond acceptors (Lipinski definition) is 0. The molecule has 0 amide bonds. The van der Waals surface area contributed by atoms with Crippen LogP contribution in [0.2, 0.25) is 0 Å². The Bertz CT molecular complexity index is 1150. The van der Waals surface area contributed by atoms with E-state index in [0.29, 0.717) is 5.92 Å². The molecule has 7 unspecified atom stereocenters. The standard InChI is InChI=1S/C41H62S/c1-7-16-28(3)38-27-41(40-26-32-20-14-19-31(32)25-39(38)40)42(5,6)29(4)34-23-15-24-36(33(34)8-2)37-22-13-12-21-35(37)30-17-10-9-11-18-30/h9-13,17-18,21-22,28-29,31-34,36,38-41H,7-8,14-16,19-20,23-27H2,1-6H3/t28?,29-,31?,32?,33?,34?,36-,38+,39?,40?,41+/m0/s1. The summed E-state index contributed by atoms with van der Waals surface area (Å²) >= 11 is 0. The van der Waals surface area contributed by atoms with Gasteiger partial charge in [0.05, 0.1) is 0 Å². The highest BCUT2D eigenvalue weighted by molar-refractivity contribution is 8.33. The van der Waals surface area contributed by atoms with Crippen molar-refractivity contribution in [3.8, 4) is 11.1 Å². The van der Waals surface area contributed by atoms with Gasteiger partial charge >= 0.3 is 0 Å². The van der Waals surface area contributed by atoms with Crippen LogP contribution in [0.25, 0.3) is 11.1 Å². The quantitative estimate of drug-likeness (QED) is 0.274. The zero-order valence-electron chi connectivity index (χ0n) is 27.9. The molecule has 0 spiro atoms. The lowest BCUT2D eigenvalue weighted by Gasteiger charge is -2.54. The van der Waals surface area contributed by atoms with Crippen molar-refractivity contribution in [2.45, 2.75) is 121 Å². The van der Waals surface area contributed by atoms with Crippen molar-refractivity contribution in [2.24, 2.45) is 47.3 Å². The summed E-state index contributed by atoms with van der Waals surface area (Å²) in [6.07, 6.45) is 23.4. The SMILES string of the molecule is CCCC(C)[C@H]1C[C@@H](S(C)(C)[C@@H](C)C2CCC[C@H](c3ccccc3-c3ccccc3)C2CC)C2CC3CCCC3CC21. The zero-order valence-corrected chi connectivity index (χ0v) is 28.8. The Labute approximate surface area is 261 Å². The Hall–Kier alpha value is -1.21. The maximum absolute atomic E-state index is 2.83. The summed E-state index contributed by atoms with van der Waals surface area (Å²) in [5.41, 5.74) is 4.52. The van der Waals surface area contributed by atoms with E-state index in [2.05, 4.69) is 94.8 Å². The molecule has 0 radical (unpaired) electrons. The Kier molecular flexibility index (Phi) is 9.55. The molecule has 2 aromatic rings. The second-order valence-corrected chi connectivity index (χ2v) is 20.2. The minimum atomic E-state index is -0.730. The van der Waals surface area contributed by atoms with Gasteiger partial charge in [0.2, 0.25) is 0 Å². The van der Waals surface area contributed by atoms with Crippen molar-refractivity contribution >= 4 is 10.0 Å². The largest absolute Gasteiger partial charge is 0.241 e. The molecule has 4 aliphatic carbocycles. The van der Waals surface area contributed by atoms with E-state index >= 15 is 0 Å². The Morgan fingerprint density at radius 3 is 2.12 bits per heavy atom. The average Bonchev–Trinajstić information content (AvgIpc) is 3.64. The maximum atomic E-state index is 2.83. The van der Waals surface area contributed by atoms with Crippen LogP contribution in [0.15, 0.2) is 54.6 Å². The van der Waals surface area contributed by atoms with E-state index in [1.807, 2.05) is 0 Å². The highest BCUT2D eigenvalue weighted by atomic mass is 32.3. The Balaban J connectivity index is 1.28. The van der Waals surface area contributed by atoms with Gasteiger partial charge in [-0.2, -0.15) is 0 Å². The van der Waals surface area contributed by atoms with Gasteiger partial charge in [-0.05, 0) is 125 Å². The van der Waals surface area contributed by atoms with Crippen molar-refractivity contribution in [1.82, 2.24) is 0 Å². The lowest BCUT2D eigenvalue weighted by atomic mass is 9.66. The van der Waals surface area contributed by atoms with Crippen molar-refractivity contribution in [2.75, 3.05) is 12.5 Å². The van der Waals surface area contributed by atoms with Gasteiger partial charge in [-0.1, -0.05) is 127 Å². The topological polar surface area (TPSA) is 0 Å². The molecule has 42 heavy (non-hydrogen) atoms. The molecule has 0 aliphatic heterocycles. The van der Waals surface area contributed by atoms with E-state index in [9.17, 15) is 0 Å². The second kappa shape index (κ2) is 13.0. The highest BCUT2D eigenvalue weighted by Crippen LogP contribution is 2.68. The van der Waals surface area contributed by atoms with Crippen molar-refractivity contribution in [3.63, 3.8) is 0 Å². The molecule has 232 valence electrons. The summed E-state index contributed by atoms with van der Waals surface area (Å²) in [7, 11) is -0.730. The van der Waals surface area contributed by atoms with E-state index in [-0.39, 0.29) is 0 Å². The molecule has 0 heterocycles. The van der Waals surface area contributed by atoms with Crippen molar-refractivity contribution in [1.29, 1.82) is 0 Å². The molecule has 6 rings (SSSR count). The van der Waals surface area contributed by atoms with E-state index in [1.165, 1.54) is 56.1 Å². The third-order valence-corrected chi connectivity index (χ3v) is 18.3. The average molecular weight is 587 g/mol. The fourth-order valence-electron chi connectivity index (χ4n) is 11.6. The number of benzene rings is 2. The number of rotatable bonds is 9.